The van der Waals surface area contributed by atoms with Crippen LogP contribution in [0.25, 0.3) is 0 Å². The Morgan fingerprint density at radius 1 is 1.30 bits per heavy atom. The molecule has 104 valence electrons. The second-order valence-electron chi connectivity index (χ2n) is 4.32. The summed E-state index contributed by atoms with van der Waals surface area (Å²) in [6, 6.07) is 12.9. The van der Waals surface area contributed by atoms with Crippen molar-refractivity contribution in [1.82, 2.24) is 9.88 Å². The van der Waals surface area contributed by atoms with Crippen LogP contribution in [0, 0.1) is 0 Å². The highest BCUT2D eigenvalue weighted by atomic mass is 35.5. The van der Waals surface area contributed by atoms with Gasteiger partial charge in [0.05, 0.1) is 5.02 Å². The zero-order valence-electron chi connectivity index (χ0n) is 11.0. The standard InChI is InChI=1S/C14H15ClN4O/c1-19(9-10-5-3-2-4-6-10)14(20)13-11(15)7-8-12(17-13)18-16/h2-8H,9,16H2,1H3,(H,17,18). The minimum atomic E-state index is -0.254. The third-order valence-corrected chi connectivity index (χ3v) is 3.11. The Morgan fingerprint density at radius 2 is 2.00 bits per heavy atom. The fourth-order valence-corrected chi connectivity index (χ4v) is 1.97. The van der Waals surface area contributed by atoms with Gasteiger partial charge < -0.3 is 10.3 Å². The Morgan fingerprint density at radius 3 is 2.65 bits per heavy atom. The molecule has 5 nitrogen and oxygen atoms in total. The number of hydrogen-bond donors (Lipinski definition) is 2. The number of hydrazine groups is 1. The maximum absolute atomic E-state index is 12.3. The highest BCUT2D eigenvalue weighted by molar-refractivity contribution is 6.33. The quantitative estimate of drug-likeness (QED) is 0.669. The Balaban J connectivity index is 2.18. The summed E-state index contributed by atoms with van der Waals surface area (Å²) in [4.78, 5) is 18.0. The molecule has 1 aromatic heterocycles. The molecule has 1 amide bonds. The number of rotatable bonds is 4. The van der Waals surface area contributed by atoms with E-state index in [-0.39, 0.29) is 11.6 Å². The van der Waals surface area contributed by atoms with E-state index in [0.717, 1.165) is 5.56 Å². The van der Waals surface area contributed by atoms with Crippen LogP contribution in [0.2, 0.25) is 5.02 Å². The number of amides is 1. The van der Waals surface area contributed by atoms with Crippen LogP contribution < -0.4 is 11.3 Å². The summed E-state index contributed by atoms with van der Waals surface area (Å²) in [6.07, 6.45) is 0. The fourth-order valence-electron chi connectivity index (χ4n) is 1.78. The van der Waals surface area contributed by atoms with Crippen LogP contribution in [-0.4, -0.2) is 22.8 Å². The Kier molecular flexibility index (Phi) is 4.55. The van der Waals surface area contributed by atoms with Gasteiger partial charge >= 0.3 is 0 Å². The molecule has 0 atom stereocenters. The summed E-state index contributed by atoms with van der Waals surface area (Å²) in [5.41, 5.74) is 3.61. The monoisotopic (exact) mass is 290 g/mol. The molecule has 20 heavy (non-hydrogen) atoms. The fraction of sp³-hybridized carbons (Fsp3) is 0.143. The van der Waals surface area contributed by atoms with E-state index in [2.05, 4.69) is 10.4 Å². The number of nitrogens with zero attached hydrogens (tertiary/aromatic N) is 2. The first-order chi connectivity index (χ1) is 9.61. The van der Waals surface area contributed by atoms with E-state index >= 15 is 0 Å². The summed E-state index contributed by atoms with van der Waals surface area (Å²) in [7, 11) is 1.70. The van der Waals surface area contributed by atoms with Gasteiger partial charge in [-0.2, -0.15) is 0 Å². The predicted molar refractivity (Wildman–Crippen MR) is 79.3 cm³/mol. The average Bonchev–Trinajstić information content (AvgIpc) is 2.48. The van der Waals surface area contributed by atoms with Gasteiger partial charge in [-0.3, -0.25) is 4.79 Å². The van der Waals surface area contributed by atoms with Crippen molar-refractivity contribution in [3.05, 3.63) is 58.7 Å². The van der Waals surface area contributed by atoms with Crippen molar-refractivity contribution in [2.45, 2.75) is 6.54 Å². The molecule has 2 aromatic rings. The molecule has 0 spiro atoms. The van der Waals surface area contributed by atoms with Gasteiger partial charge in [0.25, 0.3) is 5.91 Å². The number of nitrogens with two attached hydrogens (primary N) is 1. The second kappa shape index (κ2) is 6.36. The van der Waals surface area contributed by atoms with E-state index in [1.807, 2.05) is 30.3 Å². The lowest BCUT2D eigenvalue weighted by atomic mass is 10.2. The molecule has 0 fully saturated rings. The number of halogens is 1. The first-order valence-electron chi connectivity index (χ1n) is 6.04. The van der Waals surface area contributed by atoms with Crippen molar-refractivity contribution in [2.24, 2.45) is 5.84 Å². The maximum atomic E-state index is 12.3. The van der Waals surface area contributed by atoms with Crippen LogP contribution >= 0.6 is 11.6 Å². The topological polar surface area (TPSA) is 71.2 Å². The van der Waals surface area contributed by atoms with Crippen molar-refractivity contribution in [3.63, 3.8) is 0 Å². The Hall–Kier alpha value is -2.11. The normalized spacial score (nSPS) is 10.2. The molecule has 0 aliphatic carbocycles. The van der Waals surface area contributed by atoms with Gasteiger partial charge in [0.15, 0.2) is 0 Å². The summed E-state index contributed by atoms with van der Waals surface area (Å²) >= 11 is 6.02. The molecule has 0 bridgehead atoms. The molecule has 0 saturated heterocycles. The highest BCUT2D eigenvalue weighted by Crippen LogP contribution is 2.18. The number of benzene rings is 1. The van der Waals surface area contributed by atoms with Crippen LogP contribution in [0.15, 0.2) is 42.5 Å². The van der Waals surface area contributed by atoms with Gasteiger partial charge in [0, 0.05) is 13.6 Å². The van der Waals surface area contributed by atoms with Crippen LogP contribution in [0.5, 0.6) is 0 Å². The largest absolute Gasteiger partial charge is 0.336 e. The summed E-state index contributed by atoms with van der Waals surface area (Å²) in [5.74, 6) is 5.43. The van der Waals surface area contributed by atoms with Crippen molar-refractivity contribution >= 4 is 23.3 Å². The number of carbonyl (C=O) groups is 1. The number of carbonyl (C=O) groups excluding carboxylic acids is 1. The van der Waals surface area contributed by atoms with Gasteiger partial charge in [-0.1, -0.05) is 41.9 Å². The number of anilines is 1. The number of nitrogen functional groups attached to an aromatic ring is 1. The van der Waals surface area contributed by atoms with E-state index in [1.165, 1.54) is 0 Å². The molecule has 3 N–H and O–H groups in total. The molecular weight excluding hydrogens is 276 g/mol. The lowest BCUT2D eigenvalue weighted by molar-refractivity contribution is 0.0779. The molecule has 0 saturated carbocycles. The van der Waals surface area contributed by atoms with E-state index in [1.54, 1.807) is 24.1 Å². The van der Waals surface area contributed by atoms with Gasteiger partial charge in [0.1, 0.15) is 11.5 Å². The highest BCUT2D eigenvalue weighted by Gasteiger charge is 2.17. The number of nitrogens with one attached hydrogen (secondary N) is 1. The third-order valence-electron chi connectivity index (χ3n) is 2.81. The predicted octanol–water partition coefficient (Wildman–Crippen LogP) is 2.29. The number of hydrogen-bond acceptors (Lipinski definition) is 4. The third kappa shape index (κ3) is 3.26. The molecule has 0 unspecified atom stereocenters. The Bertz CT molecular complexity index is 603. The average molecular weight is 291 g/mol. The smallest absolute Gasteiger partial charge is 0.274 e. The molecule has 6 heteroatoms. The molecule has 2 rings (SSSR count). The summed E-state index contributed by atoms with van der Waals surface area (Å²) in [6.45, 7) is 0.484. The van der Waals surface area contributed by atoms with Gasteiger partial charge in [-0.05, 0) is 17.7 Å². The molecule has 0 aliphatic heterocycles. The number of pyridine rings is 1. The minimum Gasteiger partial charge on any atom is -0.336 e. The van der Waals surface area contributed by atoms with E-state index in [9.17, 15) is 4.79 Å². The zero-order chi connectivity index (χ0) is 14.5. The minimum absolute atomic E-state index is 0.181. The van der Waals surface area contributed by atoms with Crippen LogP contribution in [0.1, 0.15) is 16.1 Å². The summed E-state index contributed by atoms with van der Waals surface area (Å²) in [5, 5.41) is 0.300. The van der Waals surface area contributed by atoms with E-state index < -0.39 is 0 Å². The molecule has 1 heterocycles. The first kappa shape index (κ1) is 14.3. The lowest BCUT2D eigenvalue weighted by Gasteiger charge is -2.17. The Labute approximate surface area is 122 Å². The second-order valence-corrected chi connectivity index (χ2v) is 4.73. The summed E-state index contributed by atoms with van der Waals surface area (Å²) < 4.78 is 0. The molecule has 0 radical (unpaired) electrons. The van der Waals surface area contributed by atoms with Crippen molar-refractivity contribution in [2.75, 3.05) is 12.5 Å². The van der Waals surface area contributed by atoms with Crippen LogP contribution in [-0.2, 0) is 6.54 Å². The zero-order valence-corrected chi connectivity index (χ0v) is 11.8. The van der Waals surface area contributed by atoms with Crippen LogP contribution in [0.3, 0.4) is 0 Å². The van der Waals surface area contributed by atoms with E-state index in [4.69, 9.17) is 17.4 Å². The maximum Gasteiger partial charge on any atom is 0.274 e. The molecular formula is C14H15ClN4O. The van der Waals surface area contributed by atoms with Gasteiger partial charge in [-0.15, -0.1) is 0 Å². The SMILES string of the molecule is CN(Cc1ccccc1)C(=O)c1nc(NN)ccc1Cl. The lowest BCUT2D eigenvalue weighted by Crippen LogP contribution is -2.27. The van der Waals surface area contributed by atoms with Gasteiger partial charge in [0.2, 0.25) is 0 Å². The van der Waals surface area contributed by atoms with Crippen molar-refractivity contribution in [3.8, 4) is 0 Å². The van der Waals surface area contributed by atoms with Crippen molar-refractivity contribution in [1.29, 1.82) is 0 Å². The van der Waals surface area contributed by atoms with Gasteiger partial charge in [-0.25, -0.2) is 10.8 Å². The van der Waals surface area contributed by atoms with E-state index in [0.29, 0.717) is 17.4 Å². The van der Waals surface area contributed by atoms with Crippen LogP contribution in [0.4, 0.5) is 5.82 Å². The molecule has 1 aromatic carbocycles. The number of aromatic nitrogens is 1. The van der Waals surface area contributed by atoms with Crippen molar-refractivity contribution < 1.29 is 4.79 Å². The molecule has 0 aliphatic rings. The first-order valence-corrected chi connectivity index (χ1v) is 6.42.